The molecule has 0 spiro atoms. The van der Waals surface area contributed by atoms with Gasteiger partial charge in [-0.1, -0.05) is 45.0 Å². The first-order chi connectivity index (χ1) is 26.0. The Morgan fingerprint density at radius 3 is 2.39 bits per heavy atom. The minimum atomic E-state index is -0.413. The van der Waals surface area contributed by atoms with Crippen LogP contribution in [0.3, 0.4) is 0 Å². The van der Waals surface area contributed by atoms with Crippen molar-refractivity contribution in [2.45, 2.75) is 52.6 Å². The van der Waals surface area contributed by atoms with Crippen LogP contribution in [0.25, 0.3) is 16.5 Å². The minimum absolute atomic E-state index is 0.0955. The molecule has 3 N–H and O–H groups in total. The Bertz CT molecular complexity index is 2310. The summed E-state index contributed by atoms with van der Waals surface area (Å²) in [6.45, 7) is 10.0. The number of amides is 3. The number of pyridine rings is 1. The lowest BCUT2D eigenvalue weighted by molar-refractivity contribution is 0.0786. The summed E-state index contributed by atoms with van der Waals surface area (Å²) in [4.78, 5) is 41.1. The van der Waals surface area contributed by atoms with Crippen LogP contribution in [0.5, 0.6) is 11.5 Å². The Morgan fingerprint density at radius 2 is 1.65 bits per heavy atom. The molecule has 276 valence electrons. The highest BCUT2D eigenvalue weighted by Crippen LogP contribution is 2.33. The number of likely N-dealkylation sites (tertiary alicyclic amines) is 1. The maximum absolute atomic E-state index is 13.6. The van der Waals surface area contributed by atoms with E-state index in [1.54, 1.807) is 22.9 Å². The largest absolute Gasteiger partial charge is 0.497 e. The van der Waals surface area contributed by atoms with Crippen molar-refractivity contribution < 1.29 is 19.1 Å². The van der Waals surface area contributed by atoms with Gasteiger partial charge in [-0.05, 0) is 67.3 Å². The van der Waals surface area contributed by atoms with Crippen molar-refractivity contribution in [2.75, 3.05) is 36.1 Å². The number of aromatic nitrogens is 5. The number of rotatable bonds is 10. The van der Waals surface area contributed by atoms with Gasteiger partial charge in [0.15, 0.2) is 0 Å². The summed E-state index contributed by atoms with van der Waals surface area (Å²) in [5.41, 5.74) is 4.19. The van der Waals surface area contributed by atoms with Gasteiger partial charge in [0.1, 0.15) is 41.3 Å². The van der Waals surface area contributed by atoms with Gasteiger partial charge in [0.25, 0.3) is 5.91 Å². The molecule has 7 rings (SSSR count). The van der Waals surface area contributed by atoms with Crippen molar-refractivity contribution in [1.29, 1.82) is 0 Å². The van der Waals surface area contributed by atoms with E-state index < -0.39 is 6.03 Å². The molecular formula is C41H43N9O4. The zero-order valence-corrected chi connectivity index (χ0v) is 31.0. The van der Waals surface area contributed by atoms with E-state index in [2.05, 4.69) is 51.7 Å². The number of nitrogens with one attached hydrogen (secondary N) is 3. The molecular weight excluding hydrogens is 683 g/mol. The van der Waals surface area contributed by atoms with E-state index in [1.165, 1.54) is 12.4 Å². The summed E-state index contributed by atoms with van der Waals surface area (Å²) in [5.74, 6) is 2.83. The van der Waals surface area contributed by atoms with Crippen molar-refractivity contribution in [1.82, 2.24) is 29.6 Å². The molecule has 3 aromatic heterocycles. The molecule has 1 saturated heterocycles. The molecule has 3 aromatic carbocycles. The molecule has 0 aliphatic carbocycles. The topological polar surface area (TPSA) is 148 Å². The number of anilines is 4. The maximum Gasteiger partial charge on any atom is 0.324 e. The molecule has 0 bridgehead atoms. The highest BCUT2D eigenvalue weighted by Gasteiger charge is 2.23. The smallest absolute Gasteiger partial charge is 0.324 e. The van der Waals surface area contributed by atoms with Crippen molar-refractivity contribution in [3.05, 3.63) is 114 Å². The Labute approximate surface area is 313 Å². The van der Waals surface area contributed by atoms with Gasteiger partial charge in [0.05, 0.1) is 36.6 Å². The molecule has 6 aromatic rings. The van der Waals surface area contributed by atoms with Crippen molar-refractivity contribution in [2.24, 2.45) is 0 Å². The van der Waals surface area contributed by atoms with E-state index in [-0.39, 0.29) is 17.9 Å². The Balaban J connectivity index is 1.04. The van der Waals surface area contributed by atoms with Gasteiger partial charge in [-0.3, -0.25) is 10.1 Å². The van der Waals surface area contributed by atoms with Crippen molar-refractivity contribution in [3.8, 4) is 17.2 Å². The van der Waals surface area contributed by atoms with E-state index in [4.69, 9.17) is 14.6 Å². The van der Waals surface area contributed by atoms with Crippen LogP contribution in [0.2, 0.25) is 0 Å². The first kappa shape index (κ1) is 35.9. The predicted molar refractivity (Wildman–Crippen MR) is 209 cm³/mol. The van der Waals surface area contributed by atoms with E-state index in [0.717, 1.165) is 59.2 Å². The molecule has 0 unspecified atom stereocenters. The van der Waals surface area contributed by atoms with Crippen LogP contribution in [0.15, 0.2) is 91.4 Å². The average molecular weight is 726 g/mol. The van der Waals surface area contributed by atoms with Crippen LogP contribution < -0.4 is 25.4 Å². The second-order valence-corrected chi connectivity index (χ2v) is 14.3. The van der Waals surface area contributed by atoms with Crippen LogP contribution >= 0.6 is 0 Å². The summed E-state index contributed by atoms with van der Waals surface area (Å²) < 4.78 is 13.5. The van der Waals surface area contributed by atoms with Gasteiger partial charge in [-0.15, -0.1) is 0 Å². The van der Waals surface area contributed by atoms with Crippen LogP contribution in [0.1, 0.15) is 60.9 Å². The zero-order chi connectivity index (χ0) is 37.8. The molecule has 0 saturated carbocycles. The quantitative estimate of drug-likeness (QED) is 0.128. The van der Waals surface area contributed by atoms with Gasteiger partial charge in [-0.2, -0.15) is 5.10 Å². The third kappa shape index (κ3) is 8.10. The summed E-state index contributed by atoms with van der Waals surface area (Å²) >= 11 is 0. The number of hydrogen-bond donors (Lipinski definition) is 3. The zero-order valence-electron chi connectivity index (χ0n) is 31.0. The van der Waals surface area contributed by atoms with Gasteiger partial charge in [0, 0.05) is 47.6 Å². The van der Waals surface area contributed by atoms with Gasteiger partial charge < -0.3 is 25.0 Å². The van der Waals surface area contributed by atoms with Gasteiger partial charge in [0.2, 0.25) is 0 Å². The highest BCUT2D eigenvalue weighted by molar-refractivity contribution is 6.07. The second-order valence-electron chi connectivity index (χ2n) is 14.3. The molecule has 1 aliphatic rings. The number of carbonyl (C=O) groups excluding carboxylic acids is 2. The lowest BCUT2D eigenvalue weighted by atomic mass is 9.92. The van der Waals surface area contributed by atoms with Crippen molar-refractivity contribution >= 4 is 45.9 Å². The Hall–Kier alpha value is -6.50. The number of urea groups is 1. The summed E-state index contributed by atoms with van der Waals surface area (Å²) in [7, 11) is 1.63. The van der Waals surface area contributed by atoms with Crippen LogP contribution in [0.4, 0.5) is 27.9 Å². The molecule has 54 heavy (non-hydrogen) atoms. The average Bonchev–Trinajstić information content (AvgIpc) is 3.86. The van der Waals surface area contributed by atoms with Crippen LogP contribution in [0, 0.1) is 6.92 Å². The van der Waals surface area contributed by atoms with Crippen LogP contribution in [-0.4, -0.2) is 61.8 Å². The van der Waals surface area contributed by atoms with Gasteiger partial charge in [-0.25, -0.2) is 24.4 Å². The number of aryl methyl sites for hydroxylation is 1. The summed E-state index contributed by atoms with van der Waals surface area (Å²) in [6.07, 6.45) is 6.75. The number of carbonyl (C=O) groups is 2. The molecule has 0 radical (unpaired) electrons. The second kappa shape index (κ2) is 15.2. The standard InChI is InChI=1S/C41H43N9O4/c1-26-18-28(21-29(19-26)53-5)50-38(22-35(48-50)41(2,3)4)47-40(52)45-32-12-13-34(31-11-7-6-10-30(31)32)54-25-27-14-15-42-36(20-27)46-37-24-43-33(23-44-37)39(51)49-16-8-9-17-49/h6-7,10-15,18-24H,8-9,16-17,25H2,1-5H3,(H,42,44,46)(H2,45,47,52). The minimum Gasteiger partial charge on any atom is -0.497 e. The SMILES string of the molecule is COc1cc(C)cc(-n2nc(C(C)(C)C)cc2NC(=O)Nc2ccc(OCc3ccnc(Nc4cnc(C(=O)N5CCCC5)cn4)c3)c3ccccc23)c1. The molecule has 0 atom stereocenters. The summed E-state index contributed by atoms with van der Waals surface area (Å²) in [6, 6.07) is 22.5. The number of fused-ring (bicyclic) bond motifs is 1. The fourth-order valence-corrected chi connectivity index (χ4v) is 6.29. The first-order valence-corrected chi connectivity index (χ1v) is 17.9. The summed E-state index contributed by atoms with van der Waals surface area (Å²) in [5, 5.41) is 15.7. The fraction of sp³-hybridized carbons (Fsp3) is 0.268. The lowest BCUT2D eigenvalue weighted by Crippen LogP contribution is -2.28. The molecule has 3 amide bonds. The van der Waals surface area contributed by atoms with Crippen molar-refractivity contribution in [3.63, 3.8) is 0 Å². The van der Waals surface area contributed by atoms with E-state index >= 15 is 0 Å². The van der Waals surface area contributed by atoms with Crippen LogP contribution in [-0.2, 0) is 12.0 Å². The number of ether oxygens (including phenoxy) is 2. The third-order valence-electron chi connectivity index (χ3n) is 9.11. The number of benzene rings is 3. The number of methoxy groups -OCH3 is 1. The normalized spacial score (nSPS) is 12.8. The number of hydrogen-bond acceptors (Lipinski definition) is 9. The molecule has 1 fully saturated rings. The van der Waals surface area contributed by atoms with E-state index in [1.807, 2.05) is 79.7 Å². The third-order valence-corrected chi connectivity index (χ3v) is 9.11. The number of nitrogens with zero attached hydrogens (tertiary/aromatic N) is 6. The maximum atomic E-state index is 13.6. The molecule has 13 nitrogen and oxygen atoms in total. The Kier molecular flexibility index (Phi) is 10.1. The van der Waals surface area contributed by atoms with E-state index in [9.17, 15) is 9.59 Å². The highest BCUT2D eigenvalue weighted by atomic mass is 16.5. The molecule has 1 aliphatic heterocycles. The van der Waals surface area contributed by atoms with Gasteiger partial charge >= 0.3 is 6.03 Å². The van der Waals surface area contributed by atoms with E-state index in [0.29, 0.717) is 40.3 Å². The monoisotopic (exact) mass is 725 g/mol. The first-order valence-electron chi connectivity index (χ1n) is 17.9. The lowest BCUT2D eigenvalue weighted by Gasteiger charge is -2.15. The Morgan fingerprint density at radius 1 is 0.852 bits per heavy atom. The molecule has 4 heterocycles. The predicted octanol–water partition coefficient (Wildman–Crippen LogP) is 8.03. The molecule has 13 heteroatoms. The fourth-order valence-electron chi connectivity index (χ4n) is 6.29.